The minimum absolute atomic E-state index is 0.362. The van der Waals surface area contributed by atoms with Gasteiger partial charge in [-0.15, -0.1) is 0 Å². The number of nitrogens with two attached hydrogens (primary N) is 1. The van der Waals surface area contributed by atoms with Crippen LogP contribution >= 0.6 is 12.2 Å². The molecule has 1 aliphatic heterocycles. The molecule has 76 valence electrons. The Hall–Kier alpha value is -0.940. The van der Waals surface area contributed by atoms with Gasteiger partial charge in [0.1, 0.15) is 4.99 Å². The Kier molecular flexibility index (Phi) is 2.79. The lowest BCUT2D eigenvalue weighted by Crippen LogP contribution is -2.24. The molecular weight excluding hydrogens is 198 g/mol. The smallest absolute Gasteiger partial charge is 0.167 e. The first-order valence-electron chi connectivity index (χ1n) is 4.69. The summed E-state index contributed by atoms with van der Waals surface area (Å²) in [5, 5.41) is 0. The third-order valence-corrected chi connectivity index (χ3v) is 2.66. The van der Waals surface area contributed by atoms with Crippen LogP contribution in [0.15, 0.2) is 12.4 Å². The highest BCUT2D eigenvalue weighted by Gasteiger charge is 2.18. The van der Waals surface area contributed by atoms with Crippen molar-refractivity contribution in [1.29, 1.82) is 0 Å². The molecule has 14 heavy (non-hydrogen) atoms. The van der Waals surface area contributed by atoms with Crippen molar-refractivity contribution in [2.24, 2.45) is 5.73 Å². The maximum absolute atomic E-state index is 5.58. The van der Waals surface area contributed by atoms with Crippen LogP contribution < -0.4 is 5.73 Å². The molecular formula is C9H13N3OS. The van der Waals surface area contributed by atoms with Gasteiger partial charge in [0.15, 0.2) is 5.82 Å². The zero-order valence-electron chi connectivity index (χ0n) is 7.85. The van der Waals surface area contributed by atoms with E-state index < -0.39 is 0 Å². The van der Waals surface area contributed by atoms with Crippen molar-refractivity contribution in [1.82, 2.24) is 9.55 Å². The summed E-state index contributed by atoms with van der Waals surface area (Å²) >= 11 is 4.94. The Bertz CT molecular complexity index is 331. The normalized spacial score (nSPS) is 18.3. The zero-order valence-corrected chi connectivity index (χ0v) is 8.67. The molecule has 4 nitrogen and oxygen atoms in total. The van der Waals surface area contributed by atoms with Crippen LogP contribution in [0.1, 0.15) is 24.7 Å². The molecule has 2 N–H and O–H groups in total. The minimum Gasteiger partial charge on any atom is -0.387 e. The number of imidazole rings is 1. The molecule has 1 aliphatic rings. The molecule has 1 saturated heterocycles. The van der Waals surface area contributed by atoms with E-state index in [1.54, 1.807) is 6.20 Å². The van der Waals surface area contributed by atoms with E-state index in [0.29, 0.717) is 16.9 Å². The van der Waals surface area contributed by atoms with Gasteiger partial charge in [-0.2, -0.15) is 0 Å². The van der Waals surface area contributed by atoms with Crippen LogP contribution in [-0.2, 0) is 4.74 Å². The van der Waals surface area contributed by atoms with Gasteiger partial charge in [-0.3, -0.25) is 0 Å². The van der Waals surface area contributed by atoms with E-state index in [-0.39, 0.29) is 0 Å². The van der Waals surface area contributed by atoms with Crippen molar-refractivity contribution in [2.45, 2.75) is 18.9 Å². The first-order valence-corrected chi connectivity index (χ1v) is 5.10. The third-order valence-electron chi connectivity index (χ3n) is 2.47. The fourth-order valence-corrected chi connectivity index (χ4v) is 1.92. The number of nitrogens with zero attached hydrogens (tertiary/aromatic N) is 2. The minimum atomic E-state index is 0.362. The SMILES string of the molecule is NC(=S)c1nccn1C1CCOCC1. The van der Waals surface area contributed by atoms with Crippen LogP contribution in [0.4, 0.5) is 0 Å². The van der Waals surface area contributed by atoms with Crippen molar-refractivity contribution in [3.05, 3.63) is 18.2 Å². The van der Waals surface area contributed by atoms with E-state index in [2.05, 4.69) is 9.55 Å². The molecule has 2 heterocycles. The van der Waals surface area contributed by atoms with Crippen LogP contribution in [0.3, 0.4) is 0 Å². The molecule has 1 aromatic rings. The number of thiocarbonyl (C=S) groups is 1. The predicted molar refractivity (Wildman–Crippen MR) is 57.2 cm³/mol. The van der Waals surface area contributed by atoms with Gasteiger partial charge in [0.25, 0.3) is 0 Å². The Morgan fingerprint density at radius 3 is 2.93 bits per heavy atom. The van der Waals surface area contributed by atoms with Crippen LogP contribution in [0.5, 0.6) is 0 Å². The van der Waals surface area contributed by atoms with Crippen molar-refractivity contribution >= 4 is 17.2 Å². The molecule has 0 saturated carbocycles. The summed E-state index contributed by atoms with van der Waals surface area (Å²) in [5.41, 5.74) is 5.58. The van der Waals surface area contributed by atoms with E-state index in [4.69, 9.17) is 22.7 Å². The fourth-order valence-electron chi connectivity index (χ4n) is 1.76. The highest BCUT2D eigenvalue weighted by molar-refractivity contribution is 7.80. The van der Waals surface area contributed by atoms with Gasteiger partial charge in [0.05, 0.1) is 0 Å². The predicted octanol–water partition coefficient (Wildman–Crippen LogP) is 0.869. The summed E-state index contributed by atoms with van der Waals surface area (Å²) in [5.74, 6) is 0.715. The maximum Gasteiger partial charge on any atom is 0.167 e. The molecule has 0 aliphatic carbocycles. The van der Waals surface area contributed by atoms with Gasteiger partial charge in [-0.05, 0) is 12.8 Å². The highest BCUT2D eigenvalue weighted by atomic mass is 32.1. The number of hydrogen-bond acceptors (Lipinski definition) is 3. The molecule has 0 unspecified atom stereocenters. The molecule has 0 atom stereocenters. The molecule has 0 radical (unpaired) electrons. The van der Waals surface area contributed by atoms with Crippen LogP contribution in [-0.4, -0.2) is 27.8 Å². The average molecular weight is 211 g/mol. The van der Waals surface area contributed by atoms with E-state index in [1.165, 1.54) is 0 Å². The lowest BCUT2D eigenvalue weighted by molar-refractivity contribution is 0.0694. The molecule has 0 amide bonds. The number of rotatable bonds is 2. The van der Waals surface area contributed by atoms with Gasteiger partial charge >= 0.3 is 0 Å². The summed E-state index contributed by atoms with van der Waals surface area (Å²) in [6, 6.07) is 0.433. The Morgan fingerprint density at radius 2 is 2.29 bits per heavy atom. The second kappa shape index (κ2) is 4.06. The first-order chi connectivity index (χ1) is 6.79. The lowest BCUT2D eigenvalue weighted by atomic mass is 10.1. The van der Waals surface area contributed by atoms with Crippen LogP contribution in [0.2, 0.25) is 0 Å². The topological polar surface area (TPSA) is 53.1 Å². The standard InChI is InChI=1S/C9H13N3OS/c10-8(14)9-11-3-4-12(9)7-1-5-13-6-2-7/h3-4,7H,1-2,5-6H2,(H2,10,14). The molecule has 0 bridgehead atoms. The fraction of sp³-hybridized carbons (Fsp3) is 0.556. The van der Waals surface area contributed by atoms with Gasteiger partial charge < -0.3 is 15.0 Å². The van der Waals surface area contributed by atoms with Gasteiger partial charge in [0, 0.05) is 31.6 Å². The molecule has 5 heteroatoms. The molecule has 1 aromatic heterocycles. The quantitative estimate of drug-likeness (QED) is 0.737. The largest absolute Gasteiger partial charge is 0.387 e. The second-order valence-electron chi connectivity index (χ2n) is 3.37. The summed E-state index contributed by atoms with van der Waals surface area (Å²) in [6.45, 7) is 1.61. The molecule has 1 fully saturated rings. The Labute approximate surface area is 88.1 Å². The van der Waals surface area contributed by atoms with Crippen molar-refractivity contribution in [2.75, 3.05) is 13.2 Å². The van der Waals surface area contributed by atoms with Crippen molar-refractivity contribution in [3.8, 4) is 0 Å². The summed E-state index contributed by atoms with van der Waals surface area (Å²) in [7, 11) is 0. The summed E-state index contributed by atoms with van der Waals surface area (Å²) in [6.07, 6.45) is 5.69. The van der Waals surface area contributed by atoms with Crippen molar-refractivity contribution < 1.29 is 4.74 Å². The van der Waals surface area contributed by atoms with E-state index in [1.807, 2.05) is 6.20 Å². The first kappa shape index (κ1) is 9.61. The zero-order chi connectivity index (χ0) is 9.97. The van der Waals surface area contributed by atoms with E-state index in [0.717, 1.165) is 26.1 Å². The Balaban J connectivity index is 2.21. The number of ether oxygens (including phenoxy) is 1. The summed E-state index contributed by atoms with van der Waals surface area (Å²) in [4.78, 5) is 4.51. The molecule has 2 rings (SSSR count). The molecule has 0 aromatic carbocycles. The Morgan fingerprint density at radius 1 is 1.57 bits per heavy atom. The highest BCUT2D eigenvalue weighted by Crippen LogP contribution is 2.21. The van der Waals surface area contributed by atoms with Crippen LogP contribution in [0.25, 0.3) is 0 Å². The van der Waals surface area contributed by atoms with Gasteiger partial charge in [-0.1, -0.05) is 12.2 Å². The van der Waals surface area contributed by atoms with Gasteiger partial charge in [0.2, 0.25) is 0 Å². The monoisotopic (exact) mass is 211 g/mol. The van der Waals surface area contributed by atoms with E-state index in [9.17, 15) is 0 Å². The third kappa shape index (κ3) is 1.78. The average Bonchev–Trinajstić information content (AvgIpc) is 2.67. The summed E-state index contributed by atoms with van der Waals surface area (Å²) < 4.78 is 7.36. The van der Waals surface area contributed by atoms with Gasteiger partial charge in [-0.25, -0.2) is 4.98 Å². The second-order valence-corrected chi connectivity index (χ2v) is 3.81. The van der Waals surface area contributed by atoms with Crippen molar-refractivity contribution in [3.63, 3.8) is 0 Å². The van der Waals surface area contributed by atoms with Crippen LogP contribution in [0, 0.1) is 0 Å². The maximum atomic E-state index is 5.58. The molecule has 0 spiro atoms. The number of aromatic nitrogens is 2. The number of hydrogen-bond donors (Lipinski definition) is 1. The van der Waals surface area contributed by atoms with E-state index >= 15 is 0 Å². The lowest BCUT2D eigenvalue weighted by Gasteiger charge is -2.24.